The van der Waals surface area contributed by atoms with Crippen molar-refractivity contribution in [2.24, 2.45) is 0 Å². The Labute approximate surface area is 85.1 Å². The van der Waals surface area contributed by atoms with E-state index in [2.05, 4.69) is 35.2 Å². The summed E-state index contributed by atoms with van der Waals surface area (Å²) in [6.45, 7) is 4.21. The van der Waals surface area contributed by atoms with Crippen LogP contribution in [-0.4, -0.2) is 25.1 Å². The molecular formula is C11H17N3. The zero-order valence-electron chi connectivity index (χ0n) is 8.88. The van der Waals surface area contributed by atoms with E-state index < -0.39 is 0 Å². The molecule has 1 aromatic heterocycles. The third-order valence-corrected chi connectivity index (χ3v) is 2.78. The average molecular weight is 191 g/mol. The number of hydrogen-bond acceptors (Lipinski definition) is 3. The van der Waals surface area contributed by atoms with Gasteiger partial charge < -0.3 is 10.2 Å². The third kappa shape index (κ3) is 1.54. The highest BCUT2D eigenvalue weighted by atomic mass is 15.2. The molecule has 1 aromatic rings. The minimum Gasteiger partial charge on any atom is -0.382 e. The zero-order valence-corrected chi connectivity index (χ0v) is 8.88. The van der Waals surface area contributed by atoms with Crippen LogP contribution in [0.3, 0.4) is 0 Å². The van der Waals surface area contributed by atoms with Gasteiger partial charge in [0.25, 0.3) is 0 Å². The number of nitrogens with one attached hydrogen (secondary N) is 1. The lowest BCUT2D eigenvalue weighted by atomic mass is 10.1. The summed E-state index contributed by atoms with van der Waals surface area (Å²) in [4.78, 5) is 6.60. The summed E-state index contributed by atoms with van der Waals surface area (Å²) < 4.78 is 0. The van der Waals surface area contributed by atoms with E-state index in [1.54, 1.807) is 0 Å². The smallest absolute Gasteiger partial charge is 0.151 e. The van der Waals surface area contributed by atoms with Crippen LogP contribution in [0, 0.1) is 0 Å². The topological polar surface area (TPSA) is 28.2 Å². The summed E-state index contributed by atoms with van der Waals surface area (Å²) in [5, 5.41) is 3.44. The fourth-order valence-corrected chi connectivity index (χ4v) is 1.82. The van der Waals surface area contributed by atoms with Gasteiger partial charge in [0.2, 0.25) is 0 Å². The molecule has 0 fully saturated rings. The lowest BCUT2D eigenvalue weighted by Crippen LogP contribution is -2.22. The van der Waals surface area contributed by atoms with Crippen molar-refractivity contribution < 1.29 is 0 Å². The first-order chi connectivity index (χ1) is 6.83. The SMILES string of the molecule is CCN(C)c1nccc2c1NCCC2. The highest BCUT2D eigenvalue weighted by molar-refractivity contribution is 5.70. The summed E-state index contributed by atoms with van der Waals surface area (Å²) in [5.74, 6) is 1.09. The Morgan fingerprint density at radius 2 is 2.43 bits per heavy atom. The summed E-state index contributed by atoms with van der Waals surface area (Å²) in [7, 11) is 2.08. The van der Waals surface area contributed by atoms with Crippen molar-refractivity contribution >= 4 is 11.5 Å². The number of rotatable bonds is 2. The fraction of sp³-hybridized carbons (Fsp3) is 0.545. The first-order valence-electron chi connectivity index (χ1n) is 5.26. The molecule has 0 aliphatic carbocycles. The van der Waals surface area contributed by atoms with Gasteiger partial charge >= 0.3 is 0 Å². The van der Waals surface area contributed by atoms with E-state index in [1.807, 2.05) is 6.20 Å². The van der Waals surface area contributed by atoms with Gasteiger partial charge in [0.05, 0.1) is 5.69 Å². The molecule has 0 atom stereocenters. The van der Waals surface area contributed by atoms with Gasteiger partial charge in [-0.1, -0.05) is 0 Å². The molecule has 0 spiro atoms. The third-order valence-electron chi connectivity index (χ3n) is 2.78. The first kappa shape index (κ1) is 9.31. The van der Waals surface area contributed by atoms with Crippen LogP contribution < -0.4 is 10.2 Å². The molecule has 2 heterocycles. The maximum Gasteiger partial charge on any atom is 0.151 e. The van der Waals surface area contributed by atoms with Crippen molar-refractivity contribution in [3.63, 3.8) is 0 Å². The van der Waals surface area contributed by atoms with Gasteiger partial charge in [-0.15, -0.1) is 0 Å². The number of nitrogens with zero attached hydrogens (tertiary/aromatic N) is 2. The van der Waals surface area contributed by atoms with Crippen LogP contribution in [0.25, 0.3) is 0 Å². The molecule has 0 aromatic carbocycles. The maximum absolute atomic E-state index is 4.43. The van der Waals surface area contributed by atoms with Crippen molar-refractivity contribution in [3.8, 4) is 0 Å². The van der Waals surface area contributed by atoms with Crippen LogP contribution in [-0.2, 0) is 6.42 Å². The number of fused-ring (bicyclic) bond motifs is 1. The quantitative estimate of drug-likeness (QED) is 0.773. The van der Waals surface area contributed by atoms with Gasteiger partial charge in [-0.05, 0) is 31.4 Å². The highest BCUT2D eigenvalue weighted by Gasteiger charge is 2.14. The summed E-state index contributed by atoms with van der Waals surface area (Å²) in [5.41, 5.74) is 2.64. The molecule has 0 radical (unpaired) electrons. The number of anilines is 2. The zero-order chi connectivity index (χ0) is 9.97. The normalized spacial score (nSPS) is 14.4. The van der Waals surface area contributed by atoms with Crippen LogP contribution in [0.15, 0.2) is 12.3 Å². The molecule has 1 aliphatic heterocycles. The Morgan fingerprint density at radius 3 is 3.21 bits per heavy atom. The molecule has 0 bridgehead atoms. The molecular weight excluding hydrogens is 174 g/mol. The van der Waals surface area contributed by atoms with E-state index >= 15 is 0 Å². The predicted octanol–water partition coefficient (Wildman–Crippen LogP) is 1.90. The van der Waals surface area contributed by atoms with Crippen LogP contribution in [0.4, 0.5) is 11.5 Å². The second kappa shape index (κ2) is 3.86. The first-order valence-corrected chi connectivity index (χ1v) is 5.26. The van der Waals surface area contributed by atoms with E-state index in [4.69, 9.17) is 0 Å². The minimum atomic E-state index is 0.991. The highest BCUT2D eigenvalue weighted by Crippen LogP contribution is 2.29. The van der Waals surface area contributed by atoms with Gasteiger partial charge in [0.15, 0.2) is 5.82 Å². The minimum absolute atomic E-state index is 0.991. The summed E-state index contributed by atoms with van der Waals surface area (Å²) in [6, 6.07) is 2.12. The van der Waals surface area contributed by atoms with E-state index in [9.17, 15) is 0 Å². The van der Waals surface area contributed by atoms with Crippen molar-refractivity contribution in [2.45, 2.75) is 19.8 Å². The molecule has 3 heteroatoms. The van der Waals surface area contributed by atoms with Crippen LogP contribution in [0.1, 0.15) is 18.9 Å². The molecule has 3 nitrogen and oxygen atoms in total. The molecule has 2 rings (SSSR count). The summed E-state index contributed by atoms with van der Waals surface area (Å²) >= 11 is 0. The second-order valence-corrected chi connectivity index (χ2v) is 3.71. The Balaban J connectivity index is 2.39. The number of aryl methyl sites for hydroxylation is 1. The Kier molecular flexibility index (Phi) is 2.57. The lowest BCUT2D eigenvalue weighted by Gasteiger charge is -2.25. The van der Waals surface area contributed by atoms with Gasteiger partial charge in [-0.25, -0.2) is 4.98 Å². The van der Waals surface area contributed by atoms with Gasteiger partial charge in [-0.2, -0.15) is 0 Å². The Hall–Kier alpha value is -1.25. The Bertz CT molecular complexity index is 322. The number of hydrogen-bond donors (Lipinski definition) is 1. The van der Waals surface area contributed by atoms with Crippen LogP contribution >= 0.6 is 0 Å². The predicted molar refractivity (Wildman–Crippen MR) is 60.0 cm³/mol. The molecule has 0 saturated heterocycles. The maximum atomic E-state index is 4.43. The van der Waals surface area contributed by atoms with Crippen molar-refractivity contribution in [1.29, 1.82) is 0 Å². The number of aromatic nitrogens is 1. The van der Waals surface area contributed by atoms with E-state index in [0.717, 1.165) is 18.9 Å². The molecule has 1 aliphatic rings. The van der Waals surface area contributed by atoms with E-state index in [-0.39, 0.29) is 0 Å². The molecule has 76 valence electrons. The standard InChI is InChI=1S/C11H17N3/c1-3-14(2)11-10-9(6-8-13-11)5-4-7-12-10/h6,8,12H,3-5,7H2,1-2H3. The van der Waals surface area contributed by atoms with E-state index in [1.165, 1.54) is 24.1 Å². The molecule has 14 heavy (non-hydrogen) atoms. The van der Waals surface area contributed by atoms with Crippen molar-refractivity contribution in [2.75, 3.05) is 30.4 Å². The fourth-order valence-electron chi connectivity index (χ4n) is 1.82. The number of pyridine rings is 1. The second-order valence-electron chi connectivity index (χ2n) is 3.71. The van der Waals surface area contributed by atoms with Crippen molar-refractivity contribution in [3.05, 3.63) is 17.8 Å². The van der Waals surface area contributed by atoms with Crippen LogP contribution in [0.2, 0.25) is 0 Å². The molecule has 1 N–H and O–H groups in total. The lowest BCUT2D eigenvalue weighted by molar-refractivity contribution is 0.819. The molecule has 0 unspecified atom stereocenters. The molecule has 0 amide bonds. The van der Waals surface area contributed by atoms with Gasteiger partial charge in [-0.3, -0.25) is 0 Å². The van der Waals surface area contributed by atoms with Crippen LogP contribution in [0.5, 0.6) is 0 Å². The van der Waals surface area contributed by atoms with Gasteiger partial charge in [0.1, 0.15) is 0 Å². The average Bonchev–Trinajstić information content (AvgIpc) is 2.27. The van der Waals surface area contributed by atoms with Crippen molar-refractivity contribution in [1.82, 2.24) is 4.98 Å². The summed E-state index contributed by atoms with van der Waals surface area (Å²) in [6.07, 6.45) is 4.31. The monoisotopic (exact) mass is 191 g/mol. The Morgan fingerprint density at radius 1 is 1.57 bits per heavy atom. The molecule has 0 saturated carbocycles. The van der Waals surface area contributed by atoms with Gasteiger partial charge in [0, 0.05) is 26.3 Å². The van der Waals surface area contributed by atoms with E-state index in [0.29, 0.717) is 0 Å². The largest absolute Gasteiger partial charge is 0.382 e.